The third kappa shape index (κ3) is 1.83. The van der Waals surface area contributed by atoms with Crippen LogP contribution in [0.1, 0.15) is 5.56 Å². The van der Waals surface area contributed by atoms with Crippen molar-refractivity contribution >= 4 is 17.1 Å². The summed E-state index contributed by atoms with van der Waals surface area (Å²) in [5, 5.41) is 29.8. The minimum atomic E-state index is -0.913. The molecule has 0 atom stereocenters. The highest BCUT2D eigenvalue weighted by atomic mass is 16.6. The van der Waals surface area contributed by atoms with Crippen molar-refractivity contribution in [3.8, 4) is 0 Å². The fourth-order valence-electron chi connectivity index (χ4n) is 1.19. The molecule has 2 N–H and O–H groups in total. The van der Waals surface area contributed by atoms with E-state index < -0.39 is 21.2 Å². The second-order valence-corrected chi connectivity index (χ2v) is 2.75. The first kappa shape index (κ1) is 10.9. The average molecular weight is 213 g/mol. The molecule has 0 unspecified atom stereocenters. The number of nitrogens with one attached hydrogen (secondary N) is 1. The quantitative estimate of drug-likeness (QED) is 0.581. The van der Waals surface area contributed by atoms with Crippen LogP contribution in [0.4, 0.5) is 17.1 Å². The number of nitrogens with zero attached hydrogens (tertiary/aromatic N) is 2. The van der Waals surface area contributed by atoms with Crippen molar-refractivity contribution in [3.05, 3.63) is 37.9 Å². The summed E-state index contributed by atoms with van der Waals surface area (Å²) in [7, 11) is 0. The monoisotopic (exact) mass is 213 g/mol. The third-order valence-corrected chi connectivity index (χ3v) is 1.84. The summed E-state index contributed by atoms with van der Waals surface area (Å²) in [6.45, 7) is 1.38. The van der Waals surface area contributed by atoms with E-state index in [2.05, 4.69) is 0 Å². The highest BCUT2D eigenvalue weighted by Gasteiger charge is 2.30. The van der Waals surface area contributed by atoms with Crippen LogP contribution >= 0.6 is 0 Å². The van der Waals surface area contributed by atoms with Crippen LogP contribution in [-0.4, -0.2) is 15.1 Å². The number of anilines is 1. The van der Waals surface area contributed by atoms with E-state index in [1.54, 1.807) is 5.48 Å². The maximum absolute atomic E-state index is 10.6. The van der Waals surface area contributed by atoms with Gasteiger partial charge in [-0.3, -0.25) is 30.9 Å². The lowest BCUT2D eigenvalue weighted by molar-refractivity contribution is -0.422. The molecule has 80 valence electrons. The fraction of sp³-hybridized carbons (Fsp3) is 0.143. The van der Waals surface area contributed by atoms with E-state index in [1.807, 2.05) is 0 Å². The van der Waals surface area contributed by atoms with Crippen LogP contribution in [0.5, 0.6) is 0 Å². The van der Waals surface area contributed by atoms with Crippen LogP contribution in [0, 0.1) is 27.2 Å². The third-order valence-electron chi connectivity index (χ3n) is 1.84. The number of rotatable bonds is 3. The molecule has 0 heterocycles. The first-order chi connectivity index (χ1) is 6.99. The average Bonchev–Trinajstić information content (AvgIpc) is 2.16. The van der Waals surface area contributed by atoms with Crippen LogP contribution < -0.4 is 5.48 Å². The van der Waals surface area contributed by atoms with E-state index in [-0.39, 0.29) is 11.3 Å². The molecular formula is C7H7N3O5. The molecule has 0 fully saturated rings. The van der Waals surface area contributed by atoms with Gasteiger partial charge in [-0.15, -0.1) is 0 Å². The first-order valence-electron chi connectivity index (χ1n) is 3.81. The molecule has 1 rings (SSSR count). The predicted molar refractivity (Wildman–Crippen MR) is 49.9 cm³/mol. The minimum absolute atomic E-state index is 0.158. The van der Waals surface area contributed by atoms with Gasteiger partial charge in [0.1, 0.15) is 5.69 Å². The number of hydrogen-bond acceptors (Lipinski definition) is 6. The summed E-state index contributed by atoms with van der Waals surface area (Å²) in [6.07, 6.45) is 0. The number of benzene rings is 1. The standard InChI is InChI=1S/C7H7N3O5/c1-4-2-3-5(8-11)7(10(14)15)6(4)9(12)13/h2-3,8,11H,1H3. The highest BCUT2D eigenvalue weighted by Crippen LogP contribution is 2.36. The molecule has 0 bridgehead atoms. The maximum atomic E-state index is 10.6. The number of aryl methyl sites for hydroxylation is 1. The van der Waals surface area contributed by atoms with E-state index in [1.165, 1.54) is 19.1 Å². The van der Waals surface area contributed by atoms with Gasteiger partial charge < -0.3 is 0 Å². The molecule has 0 saturated carbocycles. The Morgan fingerprint density at radius 1 is 1.20 bits per heavy atom. The van der Waals surface area contributed by atoms with Gasteiger partial charge >= 0.3 is 11.4 Å². The molecule has 1 aromatic rings. The van der Waals surface area contributed by atoms with Crippen molar-refractivity contribution < 1.29 is 15.1 Å². The Morgan fingerprint density at radius 2 is 1.73 bits per heavy atom. The SMILES string of the molecule is Cc1ccc(NO)c([N+](=O)[O-])c1[N+](=O)[O-]. The first-order valence-corrected chi connectivity index (χ1v) is 3.81. The Balaban J connectivity index is 3.58. The Kier molecular flexibility index (Phi) is 2.81. The molecule has 0 amide bonds. The minimum Gasteiger partial charge on any atom is -0.291 e. The zero-order chi connectivity index (χ0) is 11.6. The highest BCUT2D eigenvalue weighted by molar-refractivity contribution is 5.73. The lowest BCUT2D eigenvalue weighted by Gasteiger charge is -2.03. The maximum Gasteiger partial charge on any atom is 0.371 e. The molecule has 0 aliphatic heterocycles. The second kappa shape index (κ2) is 3.88. The largest absolute Gasteiger partial charge is 0.371 e. The summed E-state index contributed by atoms with van der Waals surface area (Å²) in [6, 6.07) is 2.50. The Hall–Kier alpha value is -2.22. The van der Waals surface area contributed by atoms with E-state index in [0.717, 1.165) is 0 Å². The smallest absolute Gasteiger partial charge is 0.291 e. The molecule has 0 aliphatic carbocycles. The Labute approximate surface area is 83.4 Å². The van der Waals surface area contributed by atoms with Crippen LogP contribution in [0.3, 0.4) is 0 Å². The van der Waals surface area contributed by atoms with Gasteiger partial charge in [-0.25, -0.2) is 0 Å². The second-order valence-electron chi connectivity index (χ2n) is 2.75. The summed E-state index contributed by atoms with van der Waals surface area (Å²) >= 11 is 0. The van der Waals surface area contributed by atoms with Crippen LogP contribution in [-0.2, 0) is 0 Å². The van der Waals surface area contributed by atoms with Gasteiger partial charge in [-0.2, -0.15) is 0 Å². The summed E-state index contributed by atoms with van der Waals surface area (Å²) in [5.41, 5.74) is 0.0297. The van der Waals surface area contributed by atoms with Crippen molar-refractivity contribution in [2.75, 3.05) is 5.48 Å². The number of nitro groups is 2. The Morgan fingerprint density at radius 3 is 2.13 bits per heavy atom. The van der Waals surface area contributed by atoms with Gasteiger partial charge in [0.2, 0.25) is 0 Å². The molecular weight excluding hydrogens is 206 g/mol. The lowest BCUT2D eigenvalue weighted by atomic mass is 10.1. The van der Waals surface area contributed by atoms with Crippen molar-refractivity contribution in [1.82, 2.24) is 0 Å². The predicted octanol–water partition coefficient (Wildman–Crippen LogP) is 1.61. The van der Waals surface area contributed by atoms with Crippen LogP contribution in [0.15, 0.2) is 12.1 Å². The van der Waals surface area contributed by atoms with E-state index >= 15 is 0 Å². The summed E-state index contributed by atoms with van der Waals surface area (Å²) < 4.78 is 0. The molecule has 0 aromatic heterocycles. The number of hydrogen-bond donors (Lipinski definition) is 2. The topological polar surface area (TPSA) is 119 Å². The van der Waals surface area contributed by atoms with Gasteiger partial charge in [-0.05, 0) is 19.1 Å². The summed E-state index contributed by atoms with van der Waals surface area (Å²) in [4.78, 5) is 19.4. The van der Waals surface area contributed by atoms with E-state index in [9.17, 15) is 20.2 Å². The molecule has 0 spiro atoms. The van der Waals surface area contributed by atoms with Gasteiger partial charge in [0.15, 0.2) is 0 Å². The molecule has 0 saturated heterocycles. The van der Waals surface area contributed by atoms with E-state index in [0.29, 0.717) is 0 Å². The summed E-state index contributed by atoms with van der Waals surface area (Å²) in [5.74, 6) is 0. The van der Waals surface area contributed by atoms with Gasteiger partial charge in [0.25, 0.3) is 0 Å². The van der Waals surface area contributed by atoms with Crippen molar-refractivity contribution in [2.45, 2.75) is 6.92 Å². The van der Waals surface area contributed by atoms with Crippen molar-refractivity contribution in [3.63, 3.8) is 0 Å². The molecule has 1 aromatic carbocycles. The molecule has 0 radical (unpaired) electrons. The fourth-order valence-corrected chi connectivity index (χ4v) is 1.19. The van der Waals surface area contributed by atoms with Gasteiger partial charge in [0.05, 0.1) is 9.85 Å². The van der Waals surface area contributed by atoms with Crippen LogP contribution in [0.2, 0.25) is 0 Å². The molecule has 15 heavy (non-hydrogen) atoms. The lowest BCUT2D eigenvalue weighted by Crippen LogP contribution is -2.03. The number of nitro benzene ring substituents is 2. The molecule has 8 heteroatoms. The van der Waals surface area contributed by atoms with E-state index in [4.69, 9.17) is 5.21 Å². The normalized spacial score (nSPS) is 9.73. The molecule has 0 aliphatic rings. The van der Waals surface area contributed by atoms with Crippen molar-refractivity contribution in [2.24, 2.45) is 0 Å². The van der Waals surface area contributed by atoms with Gasteiger partial charge in [-0.1, -0.05) is 0 Å². The van der Waals surface area contributed by atoms with Crippen molar-refractivity contribution in [1.29, 1.82) is 0 Å². The zero-order valence-electron chi connectivity index (χ0n) is 7.63. The van der Waals surface area contributed by atoms with Crippen LogP contribution in [0.25, 0.3) is 0 Å². The van der Waals surface area contributed by atoms with Gasteiger partial charge in [0, 0.05) is 5.56 Å². The molecule has 8 nitrogen and oxygen atoms in total. The zero-order valence-corrected chi connectivity index (χ0v) is 7.63. The Bertz CT molecular complexity index is 431.